The lowest BCUT2D eigenvalue weighted by molar-refractivity contribution is -0.128. The lowest BCUT2D eigenvalue weighted by Gasteiger charge is -2.16. The molecule has 2 rings (SSSR count). The van der Waals surface area contributed by atoms with Crippen molar-refractivity contribution in [1.29, 1.82) is 0 Å². The Bertz CT molecular complexity index is 969. The summed E-state index contributed by atoms with van der Waals surface area (Å²) in [6, 6.07) is 5.99. The van der Waals surface area contributed by atoms with Crippen molar-refractivity contribution < 1.29 is 22.6 Å². The van der Waals surface area contributed by atoms with Crippen molar-refractivity contribution in [2.24, 2.45) is 5.92 Å². The van der Waals surface area contributed by atoms with E-state index in [2.05, 4.69) is 24.5 Å². The van der Waals surface area contributed by atoms with Crippen molar-refractivity contribution in [3.63, 3.8) is 0 Å². The van der Waals surface area contributed by atoms with Crippen LogP contribution in [-0.2, 0) is 19.7 Å². The molecule has 0 aromatic heterocycles. The van der Waals surface area contributed by atoms with Gasteiger partial charge in [-0.05, 0) is 50.8 Å². The summed E-state index contributed by atoms with van der Waals surface area (Å²) in [6.07, 6.45) is 21.9. The number of carbonyl (C=O) groups is 2. The minimum atomic E-state index is -4.02. The number of unbranched alkanes of at least 4 members (excludes halogenated alkanes) is 14. The van der Waals surface area contributed by atoms with E-state index in [9.17, 15) is 18.0 Å². The van der Waals surface area contributed by atoms with Crippen LogP contribution < -0.4 is 10.6 Å². The highest BCUT2D eigenvalue weighted by atomic mass is 32.2. The number of amides is 2. The fourth-order valence-electron chi connectivity index (χ4n) is 5.22. The zero-order valence-electron chi connectivity index (χ0n) is 27.4. The molecular formula is C34H61N3O5S. The summed E-state index contributed by atoms with van der Waals surface area (Å²) in [5, 5.41) is 6.45. The maximum Gasteiger partial charge on any atom is 0.294 e. The van der Waals surface area contributed by atoms with E-state index >= 15 is 0 Å². The predicted molar refractivity (Wildman–Crippen MR) is 177 cm³/mol. The highest BCUT2D eigenvalue weighted by molar-refractivity contribution is 7.85. The first-order valence-electron chi connectivity index (χ1n) is 16.9. The first-order valence-corrected chi connectivity index (χ1v) is 18.4. The third kappa shape index (κ3) is 21.4. The number of nitrogens with one attached hydrogen (secondary N) is 2. The van der Waals surface area contributed by atoms with Crippen LogP contribution in [0.2, 0.25) is 0 Å². The first kappa shape index (κ1) is 39.1. The zero-order chi connectivity index (χ0) is 31.8. The van der Waals surface area contributed by atoms with Crippen LogP contribution >= 0.6 is 0 Å². The van der Waals surface area contributed by atoms with Gasteiger partial charge in [0.05, 0.1) is 11.6 Å². The average Bonchev–Trinajstić information content (AvgIpc) is 3.29. The number of likely N-dealkylation sites (tertiary alicyclic amines) is 1. The number of aryl methyl sites for hydroxylation is 1. The molecule has 1 saturated heterocycles. The van der Waals surface area contributed by atoms with Crippen molar-refractivity contribution in [2.45, 2.75) is 141 Å². The summed E-state index contributed by atoms with van der Waals surface area (Å²) in [7, 11) is -4.02. The molecule has 1 atom stereocenters. The molecule has 0 saturated carbocycles. The van der Waals surface area contributed by atoms with Gasteiger partial charge in [0.2, 0.25) is 11.8 Å². The maximum absolute atomic E-state index is 11.9. The molecule has 1 heterocycles. The molecule has 0 spiro atoms. The molecule has 1 fully saturated rings. The van der Waals surface area contributed by atoms with Crippen LogP contribution in [0, 0.1) is 12.8 Å². The van der Waals surface area contributed by atoms with E-state index in [4.69, 9.17) is 4.55 Å². The molecule has 1 aliphatic heterocycles. The van der Waals surface area contributed by atoms with Crippen molar-refractivity contribution in [1.82, 2.24) is 15.5 Å². The quantitative estimate of drug-likeness (QED) is 0.0864. The van der Waals surface area contributed by atoms with Crippen molar-refractivity contribution >= 4 is 21.9 Å². The Balaban J connectivity index is 0.000000699. The van der Waals surface area contributed by atoms with Gasteiger partial charge in [0, 0.05) is 25.9 Å². The molecule has 2 amide bonds. The minimum absolute atomic E-state index is 0.0666. The Hall–Kier alpha value is -1.97. The standard InChI is InChI=1S/C27H53N3O2.C7H8O3S/c1-3-4-5-6-7-8-9-10-11-12-13-16-19-26(31)29-21-18-15-14-17-20-28-24-30-23-25(2)22-27(30)32;1-6-2-4-7(5-3-6)11(8,9)10/h25,28H,3-24H2,1-2H3,(H,29,31);2-5H,1H3,(H,8,9,10). The Kier molecular flexibility index (Phi) is 22.1. The number of rotatable bonds is 23. The third-order valence-electron chi connectivity index (χ3n) is 7.89. The van der Waals surface area contributed by atoms with E-state index in [1.54, 1.807) is 12.1 Å². The van der Waals surface area contributed by atoms with Gasteiger partial charge in [0.25, 0.3) is 10.1 Å². The predicted octanol–water partition coefficient (Wildman–Crippen LogP) is 7.41. The zero-order valence-corrected chi connectivity index (χ0v) is 28.2. The van der Waals surface area contributed by atoms with Crippen LogP contribution in [0.4, 0.5) is 0 Å². The summed E-state index contributed by atoms with van der Waals surface area (Å²) in [5.41, 5.74) is 0.956. The Morgan fingerprint density at radius 3 is 1.86 bits per heavy atom. The van der Waals surface area contributed by atoms with Gasteiger partial charge >= 0.3 is 0 Å². The number of hydrogen-bond acceptors (Lipinski definition) is 5. The van der Waals surface area contributed by atoms with Gasteiger partial charge in [0.15, 0.2) is 0 Å². The Labute approximate surface area is 262 Å². The minimum Gasteiger partial charge on any atom is -0.356 e. The molecule has 8 nitrogen and oxygen atoms in total. The van der Waals surface area contributed by atoms with Gasteiger partial charge in [-0.3, -0.25) is 19.5 Å². The highest BCUT2D eigenvalue weighted by Crippen LogP contribution is 2.15. The number of carbonyl (C=O) groups excluding carboxylic acids is 2. The third-order valence-corrected chi connectivity index (χ3v) is 8.76. The lowest BCUT2D eigenvalue weighted by Crippen LogP contribution is -2.35. The van der Waals surface area contributed by atoms with E-state index in [-0.39, 0.29) is 16.7 Å². The van der Waals surface area contributed by atoms with E-state index in [0.717, 1.165) is 50.9 Å². The normalized spacial score (nSPS) is 14.9. The summed E-state index contributed by atoms with van der Waals surface area (Å²) < 4.78 is 29.6. The Morgan fingerprint density at radius 1 is 0.837 bits per heavy atom. The number of hydrogen-bond donors (Lipinski definition) is 3. The second-order valence-corrected chi connectivity index (χ2v) is 13.7. The summed E-state index contributed by atoms with van der Waals surface area (Å²) in [6.45, 7) is 9.61. The molecule has 1 aromatic rings. The van der Waals surface area contributed by atoms with Crippen molar-refractivity contribution in [3.8, 4) is 0 Å². The molecule has 43 heavy (non-hydrogen) atoms. The average molecular weight is 624 g/mol. The fourth-order valence-corrected chi connectivity index (χ4v) is 5.70. The molecule has 0 bridgehead atoms. The summed E-state index contributed by atoms with van der Waals surface area (Å²) in [4.78, 5) is 25.5. The first-order chi connectivity index (χ1) is 20.6. The smallest absolute Gasteiger partial charge is 0.294 e. The van der Waals surface area contributed by atoms with Gasteiger partial charge in [-0.2, -0.15) is 8.42 Å². The van der Waals surface area contributed by atoms with Crippen molar-refractivity contribution in [3.05, 3.63) is 29.8 Å². The van der Waals surface area contributed by atoms with Gasteiger partial charge in [0.1, 0.15) is 0 Å². The van der Waals surface area contributed by atoms with Gasteiger partial charge in [-0.1, -0.05) is 115 Å². The number of nitrogens with zero attached hydrogens (tertiary/aromatic N) is 1. The second-order valence-electron chi connectivity index (χ2n) is 12.3. The van der Waals surface area contributed by atoms with Crippen LogP contribution in [0.1, 0.15) is 135 Å². The molecule has 248 valence electrons. The van der Waals surface area contributed by atoms with Crippen molar-refractivity contribution in [2.75, 3.05) is 26.3 Å². The maximum atomic E-state index is 11.9. The van der Waals surface area contributed by atoms with Crippen LogP contribution in [0.25, 0.3) is 0 Å². The van der Waals surface area contributed by atoms with Gasteiger partial charge in [-0.15, -0.1) is 0 Å². The number of benzene rings is 1. The SMILES string of the molecule is CCCCCCCCCCCCCCC(=O)NCCCCCCNCN1CC(C)CC1=O.Cc1ccc(S(=O)(=O)O)cc1. The topological polar surface area (TPSA) is 116 Å². The Morgan fingerprint density at radius 2 is 1.35 bits per heavy atom. The molecule has 1 aromatic carbocycles. The second kappa shape index (κ2) is 24.4. The molecule has 0 aliphatic carbocycles. The molecular weight excluding hydrogens is 562 g/mol. The molecule has 3 N–H and O–H groups in total. The lowest BCUT2D eigenvalue weighted by atomic mass is 10.0. The molecule has 9 heteroatoms. The molecule has 0 radical (unpaired) electrons. The largest absolute Gasteiger partial charge is 0.356 e. The molecule has 1 aliphatic rings. The van der Waals surface area contributed by atoms with Crippen LogP contribution in [0.5, 0.6) is 0 Å². The monoisotopic (exact) mass is 623 g/mol. The van der Waals surface area contributed by atoms with Gasteiger partial charge in [-0.25, -0.2) is 0 Å². The van der Waals surface area contributed by atoms with E-state index in [0.29, 0.717) is 25.4 Å². The summed E-state index contributed by atoms with van der Waals surface area (Å²) in [5.74, 6) is 1.01. The highest BCUT2D eigenvalue weighted by Gasteiger charge is 2.25. The van der Waals surface area contributed by atoms with E-state index in [1.165, 1.54) is 89.2 Å². The van der Waals surface area contributed by atoms with E-state index in [1.807, 2.05) is 11.8 Å². The van der Waals surface area contributed by atoms with Gasteiger partial charge < -0.3 is 10.2 Å². The fraction of sp³-hybridized carbons (Fsp3) is 0.765. The van der Waals surface area contributed by atoms with E-state index < -0.39 is 10.1 Å². The summed E-state index contributed by atoms with van der Waals surface area (Å²) >= 11 is 0. The van der Waals surface area contributed by atoms with Crippen LogP contribution in [-0.4, -0.2) is 56.0 Å². The molecule has 1 unspecified atom stereocenters. The van der Waals surface area contributed by atoms with Crippen LogP contribution in [0.3, 0.4) is 0 Å². The van der Waals surface area contributed by atoms with Crippen LogP contribution in [0.15, 0.2) is 29.2 Å².